The number of ether oxygens (including phenoxy) is 1. The Hall–Kier alpha value is -0.730. The molecule has 0 aliphatic carbocycles. The Balaban J connectivity index is 2.61. The zero-order valence-electron chi connectivity index (χ0n) is 9.62. The SMILES string of the molecule is CCOC(=O)N1CC(C)CC(C)C1C. The predicted molar refractivity (Wildman–Crippen MR) is 56.1 cm³/mol. The van der Waals surface area contributed by atoms with Crippen LogP contribution in [-0.2, 0) is 4.74 Å². The fourth-order valence-corrected chi connectivity index (χ4v) is 2.16. The topological polar surface area (TPSA) is 29.5 Å². The monoisotopic (exact) mass is 199 g/mol. The second-order valence-electron chi connectivity index (χ2n) is 4.41. The van der Waals surface area contributed by atoms with E-state index in [4.69, 9.17) is 4.74 Å². The van der Waals surface area contributed by atoms with Crippen molar-refractivity contribution in [3.63, 3.8) is 0 Å². The molecule has 0 aromatic rings. The number of likely N-dealkylation sites (tertiary alicyclic amines) is 1. The molecule has 1 aliphatic rings. The quantitative estimate of drug-likeness (QED) is 0.649. The molecular formula is C11H21NO2. The number of amides is 1. The lowest BCUT2D eigenvalue weighted by atomic mass is 9.86. The molecule has 1 fully saturated rings. The summed E-state index contributed by atoms with van der Waals surface area (Å²) in [7, 11) is 0. The van der Waals surface area contributed by atoms with E-state index in [1.165, 1.54) is 6.42 Å². The first-order valence-electron chi connectivity index (χ1n) is 5.49. The summed E-state index contributed by atoms with van der Waals surface area (Å²) in [6.07, 6.45) is 1.05. The van der Waals surface area contributed by atoms with Crippen molar-refractivity contribution in [1.82, 2.24) is 4.90 Å². The Morgan fingerprint density at radius 2 is 2.07 bits per heavy atom. The molecule has 0 N–H and O–H groups in total. The minimum absolute atomic E-state index is 0.154. The Morgan fingerprint density at radius 3 is 2.64 bits per heavy atom. The van der Waals surface area contributed by atoms with Crippen molar-refractivity contribution in [3.05, 3.63) is 0 Å². The standard InChI is InChI=1S/C11H21NO2/c1-5-14-11(13)12-7-8(2)6-9(3)10(12)4/h8-10H,5-7H2,1-4H3. The smallest absolute Gasteiger partial charge is 0.410 e. The van der Waals surface area contributed by atoms with E-state index in [1.807, 2.05) is 11.8 Å². The third-order valence-corrected chi connectivity index (χ3v) is 3.10. The summed E-state index contributed by atoms with van der Waals surface area (Å²) >= 11 is 0. The molecule has 14 heavy (non-hydrogen) atoms. The maximum absolute atomic E-state index is 11.6. The average Bonchev–Trinajstić information content (AvgIpc) is 2.11. The minimum Gasteiger partial charge on any atom is -0.450 e. The van der Waals surface area contributed by atoms with Crippen molar-refractivity contribution in [1.29, 1.82) is 0 Å². The molecule has 1 aliphatic heterocycles. The molecule has 0 aromatic heterocycles. The van der Waals surface area contributed by atoms with E-state index in [1.54, 1.807) is 0 Å². The van der Waals surface area contributed by atoms with Gasteiger partial charge in [0.05, 0.1) is 6.61 Å². The second-order valence-corrected chi connectivity index (χ2v) is 4.41. The van der Waals surface area contributed by atoms with Gasteiger partial charge in [0.25, 0.3) is 0 Å². The molecule has 1 saturated heterocycles. The number of carbonyl (C=O) groups excluding carboxylic acids is 1. The van der Waals surface area contributed by atoms with Crippen molar-refractivity contribution < 1.29 is 9.53 Å². The van der Waals surface area contributed by atoms with Crippen molar-refractivity contribution in [2.24, 2.45) is 11.8 Å². The first-order chi connectivity index (χ1) is 6.56. The van der Waals surface area contributed by atoms with Crippen LogP contribution in [0.15, 0.2) is 0 Å². The third-order valence-electron chi connectivity index (χ3n) is 3.10. The fraction of sp³-hybridized carbons (Fsp3) is 0.909. The van der Waals surface area contributed by atoms with Crippen molar-refractivity contribution in [2.45, 2.75) is 40.2 Å². The number of piperidine rings is 1. The van der Waals surface area contributed by atoms with Crippen LogP contribution >= 0.6 is 0 Å². The van der Waals surface area contributed by atoms with Crippen molar-refractivity contribution in [3.8, 4) is 0 Å². The summed E-state index contributed by atoms with van der Waals surface area (Å²) in [5, 5.41) is 0. The lowest BCUT2D eigenvalue weighted by Crippen LogP contribution is -2.49. The van der Waals surface area contributed by atoms with E-state index in [0.29, 0.717) is 24.5 Å². The molecular weight excluding hydrogens is 178 g/mol. The molecule has 1 amide bonds. The highest BCUT2D eigenvalue weighted by Crippen LogP contribution is 2.27. The number of rotatable bonds is 1. The third kappa shape index (κ3) is 2.40. The van der Waals surface area contributed by atoms with E-state index < -0.39 is 0 Å². The van der Waals surface area contributed by atoms with Crippen LogP contribution in [-0.4, -0.2) is 30.2 Å². The molecule has 1 rings (SSSR count). The minimum atomic E-state index is -0.154. The van der Waals surface area contributed by atoms with Crippen LogP contribution in [0.3, 0.4) is 0 Å². The number of nitrogens with zero attached hydrogens (tertiary/aromatic N) is 1. The van der Waals surface area contributed by atoms with Gasteiger partial charge in [-0.2, -0.15) is 0 Å². The molecule has 0 bridgehead atoms. The van der Waals surface area contributed by atoms with E-state index in [-0.39, 0.29) is 6.09 Å². The van der Waals surface area contributed by atoms with Crippen LogP contribution in [0.1, 0.15) is 34.1 Å². The van der Waals surface area contributed by atoms with Crippen LogP contribution in [0.4, 0.5) is 4.79 Å². The summed E-state index contributed by atoms with van der Waals surface area (Å²) in [5.41, 5.74) is 0. The highest BCUT2D eigenvalue weighted by atomic mass is 16.6. The van der Waals surface area contributed by atoms with E-state index in [2.05, 4.69) is 20.8 Å². The maximum atomic E-state index is 11.6. The Kier molecular flexibility index (Phi) is 3.78. The van der Waals surface area contributed by atoms with Gasteiger partial charge in [0.1, 0.15) is 0 Å². The zero-order chi connectivity index (χ0) is 10.7. The molecule has 3 unspecified atom stereocenters. The first kappa shape index (κ1) is 11.3. The summed E-state index contributed by atoms with van der Waals surface area (Å²) < 4.78 is 5.04. The van der Waals surface area contributed by atoms with Gasteiger partial charge < -0.3 is 9.64 Å². The molecule has 3 atom stereocenters. The van der Waals surface area contributed by atoms with E-state index >= 15 is 0 Å². The summed E-state index contributed by atoms with van der Waals surface area (Å²) in [4.78, 5) is 13.5. The second kappa shape index (κ2) is 4.67. The normalized spacial score (nSPS) is 32.9. The molecule has 3 heteroatoms. The van der Waals surface area contributed by atoms with Gasteiger partial charge in [0, 0.05) is 12.6 Å². The van der Waals surface area contributed by atoms with Gasteiger partial charge in [-0.1, -0.05) is 13.8 Å². The maximum Gasteiger partial charge on any atom is 0.410 e. The van der Waals surface area contributed by atoms with Crippen LogP contribution in [0, 0.1) is 11.8 Å². The molecule has 0 aromatic carbocycles. The molecule has 0 spiro atoms. The number of carbonyl (C=O) groups is 1. The highest BCUT2D eigenvalue weighted by molar-refractivity contribution is 5.68. The summed E-state index contributed by atoms with van der Waals surface area (Å²) in [5.74, 6) is 1.16. The number of hydrogen-bond acceptors (Lipinski definition) is 2. The Morgan fingerprint density at radius 1 is 1.43 bits per heavy atom. The lowest BCUT2D eigenvalue weighted by Gasteiger charge is -2.40. The molecule has 0 saturated carbocycles. The average molecular weight is 199 g/mol. The van der Waals surface area contributed by atoms with Gasteiger partial charge in [0.2, 0.25) is 0 Å². The van der Waals surface area contributed by atoms with Crippen molar-refractivity contribution in [2.75, 3.05) is 13.2 Å². The van der Waals surface area contributed by atoms with Crippen molar-refractivity contribution >= 4 is 6.09 Å². The summed E-state index contributed by atoms with van der Waals surface area (Å²) in [6.45, 7) is 9.64. The Labute approximate surface area is 86.4 Å². The molecule has 1 heterocycles. The van der Waals surface area contributed by atoms with Gasteiger partial charge in [0.15, 0.2) is 0 Å². The van der Waals surface area contributed by atoms with E-state index in [0.717, 1.165) is 6.54 Å². The highest BCUT2D eigenvalue weighted by Gasteiger charge is 2.32. The van der Waals surface area contributed by atoms with Gasteiger partial charge in [-0.3, -0.25) is 0 Å². The summed E-state index contributed by atoms with van der Waals surface area (Å²) in [6, 6.07) is 0.310. The van der Waals surface area contributed by atoms with Crippen LogP contribution in [0.2, 0.25) is 0 Å². The first-order valence-corrected chi connectivity index (χ1v) is 5.49. The largest absolute Gasteiger partial charge is 0.450 e. The fourth-order valence-electron chi connectivity index (χ4n) is 2.16. The molecule has 0 radical (unpaired) electrons. The van der Waals surface area contributed by atoms with Gasteiger partial charge in [-0.25, -0.2) is 4.79 Å². The Bertz CT molecular complexity index is 205. The van der Waals surface area contributed by atoms with Crippen LogP contribution in [0.25, 0.3) is 0 Å². The van der Waals surface area contributed by atoms with E-state index in [9.17, 15) is 4.79 Å². The molecule has 82 valence electrons. The number of hydrogen-bond donors (Lipinski definition) is 0. The van der Waals surface area contributed by atoms with Crippen LogP contribution in [0.5, 0.6) is 0 Å². The van der Waals surface area contributed by atoms with Gasteiger partial charge in [-0.15, -0.1) is 0 Å². The van der Waals surface area contributed by atoms with Gasteiger partial charge in [-0.05, 0) is 32.1 Å². The van der Waals surface area contributed by atoms with Crippen LogP contribution < -0.4 is 0 Å². The zero-order valence-corrected chi connectivity index (χ0v) is 9.62. The van der Waals surface area contributed by atoms with Gasteiger partial charge >= 0.3 is 6.09 Å². The predicted octanol–water partition coefficient (Wildman–Crippen LogP) is 2.51. The molecule has 3 nitrogen and oxygen atoms in total. The lowest BCUT2D eigenvalue weighted by molar-refractivity contribution is 0.0494.